The van der Waals surface area contributed by atoms with Gasteiger partial charge in [-0.25, -0.2) is 4.39 Å². The molecule has 3 atom stereocenters. The van der Waals surface area contributed by atoms with Crippen molar-refractivity contribution >= 4 is 20.0 Å². The van der Waals surface area contributed by atoms with E-state index >= 15 is 0 Å². The van der Waals surface area contributed by atoms with Crippen LogP contribution in [0.3, 0.4) is 0 Å². The van der Waals surface area contributed by atoms with Crippen LogP contribution in [0.15, 0.2) is 0 Å². The highest BCUT2D eigenvalue weighted by Gasteiger charge is 2.65. The van der Waals surface area contributed by atoms with Crippen LogP contribution in [-0.2, 0) is 10.8 Å². The Kier molecular flexibility index (Phi) is 4.69. The first-order chi connectivity index (χ1) is 6.42. The van der Waals surface area contributed by atoms with Gasteiger partial charge in [0.05, 0.1) is 0 Å². The van der Waals surface area contributed by atoms with E-state index in [9.17, 15) is 26.2 Å². The topological polar surface area (TPSA) is 17.1 Å². The van der Waals surface area contributed by atoms with Crippen molar-refractivity contribution < 1.29 is 26.2 Å². The normalized spacial score (nSPS) is 19.7. The zero-order valence-corrected chi connectivity index (χ0v) is 10.2. The van der Waals surface area contributed by atoms with Gasteiger partial charge in [0, 0.05) is 29.2 Å². The van der Waals surface area contributed by atoms with E-state index in [0.29, 0.717) is 6.92 Å². The molecule has 0 aliphatic rings. The minimum atomic E-state index is -4.80. The van der Waals surface area contributed by atoms with E-state index in [4.69, 9.17) is 0 Å². The van der Waals surface area contributed by atoms with Crippen LogP contribution >= 0.6 is 9.24 Å². The zero-order chi connectivity index (χ0) is 12.5. The van der Waals surface area contributed by atoms with E-state index in [1.54, 1.807) is 0 Å². The van der Waals surface area contributed by atoms with Crippen LogP contribution in [0.5, 0.6) is 0 Å². The molecule has 0 aromatic rings. The Bertz CT molecular complexity index is 250. The molecule has 0 rings (SSSR count). The van der Waals surface area contributed by atoms with Gasteiger partial charge in [-0.15, -0.1) is 0 Å². The quantitative estimate of drug-likeness (QED) is 0.554. The summed E-state index contributed by atoms with van der Waals surface area (Å²) in [7, 11) is -0.567. The minimum absolute atomic E-state index is 0.356. The van der Waals surface area contributed by atoms with Crippen LogP contribution in [0.1, 0.15) is 13.3 Å². The molecule has 0 spiro atoms. The van der Waals surface area contributed by atoms with Crippen molar-refractivity contribution in [3.05, 3.63) is 0 Å². The van der Waals surface area contributed by atoms with Gasteiger partial charge in [-0.05, 0) is 6.92 Å². The molecule has 0 heterocycles. The van der Waals surface area contributed by atoms with Crippen molar-refractivity contribution in [2.75, 3.05) is 12.0 Å². The molecule has 0 aromatic carbocycles. The first-order valence-corrected chi connectivity index (χ1v) is 6.26. The van der Waals surface area contributed by atoms with Gasteiger partial charge in [-0.3, -0.25) is 4.21 Å². The third-order valence-electron chi connectivity index (χ3n) is 1.78. The Morgan fingerprint density at radius 1 is 1.20 bits per heavy atom. The van der Waals surface area contributed by atoms with Gasteiger partial charge in [0.2, 0.25) is 0 Å². The van der Waals surface area contributed by atoms with Crippen molar-refractivity contribution in [1.82, 2.24) is 0 Å². The largest absolute Gasteiger partial charge is 0.346 e. The summed E-state index contributed by atoms with van der Waals surface area (Å²) in [5, 5.41) is -3.40. The zero-order valence-electron chi connectivity index (χ0n) is 8.20. The minimum Gasteiger partial charge on any atom is -0.260 e. The number of halogens is 5. The Morgan fingerprint density at radius 3 is 1.87 bits per heavy atom. The lowest BCUT2D eigenvalue weighted by molar-refractivity contribution is -0.245. The third-order valence-corrected chi connectivity index (χ3v) is 2.92. The van der Waals surface area contributed by atoms with Crippen LogP contribution in [-0.4, -0.2) is 33.5 Å². The Hall–Kier alpha value is 0.230. The fourth-order valence-electron chi connectivity index (χ4n) is 0.786. The summed E-state index contributed by atoms with van der Waals surface area (Å²) in [6.45, 7) is 0.356. The number of alkyl halides is 5. The molecule has 0 radical (unpaired) electrons. The maximum atomic E-state index is 12.9. The van der Waals surface area contributed by atoms with Gasteiger partial charge >= 0.3 is 11.8 Å². The predicted octanol–water partition coefficient (Wildman–Crippen LogP) is 2.59. The molecule has 8 heteroatoms. The Balaban J connectivity index is 4.77. The summed E-state index contributed by atoms with van der Waals surface area (Å²) >= 11 is 0. The summed E-state index contributed by atoms with van der Waals surface area (Å²) in [6.07, 6.45) is -0.194. The Morgan fingerprint density at radius 2 is 1.60 bits per heavy atom. The molecule has 0 N–H and O–H groups in total. The molecule has 0 amide bonds. The lowest BCUT2D eigenvalue weighted by atomic mass is 10.1. The summed E-state index contributed by atoms with van der Waals surface area (Å²) < 4.78 is 75.0. The molecule has 0 saturated heterocycles. The van der Waals surface area contributed by atoms with E-state index in [-0.39, 0.29) is 0 Å². The van der Waals surface area contributed by atoms with Gasteiger partial charge in [-0.2, -0.15) is 17.6 Å². The summed E-state index contributed by atoms with van der Waals surface area (Å²) in [5.41, 5.74) is 0. The van der Waals surface area contributed by atoms with Gasteiger partial charge in [0.25, 0.3) is 0 Å². The molecule has 92 valence electrons. The van der Waals surface area contributed by atoms with Gasteiger partial charge in [-0.1, -0.05) is 9.24 Å². The molecule has 1 nitrogen and oxygen atoms in total. The van der Waals surface area contributed by atoms with E-state index in [2.05, 4.69) is 0 Å². The molecule has 3 unspecified atom stereocenters. The van der Waals surface area contributed by atoms with Crippen LogP contribution in [0.4, 0.5) is 22.0 Å². The summed E-state index contributed by atoms with van der Waals surface area (Å²) in [4.78, 5) is 0. The highest BCUT2D eigenvalue weighted by atomic mass is 32.2. The standard InChI is InChI=1S/C7H12F5OPS/c1-5(8,14)7(11,12)6(9,10)3-4-15(2)13/h3-4,14H2,1-2H3. The Labute approximate surface area is 89.5 Å². The molecule has 0 aliphatic heterocycles. The molecular weight excluding hydrogens is 258 g/mol. The van der Waals surface area contributed by atoms with Gasteiger partial charge < -0.3 is 0 Å². The maximum Gasteiger partial charge on any atom is 0.346 e. The second-order valence-corrected chi connectivity index (χ2v) is 6.02. The molecule has 0 bridgehead atoms. The van der Waals surface area contributed by atoms with Crippen molar-refractivity contribution in [2.24, 2.45) is 0 Å². The van der Waals surface area contributed by atoms with Crippen molar-refractivity contribution in [2.45, 2.75) is 30.6 Å². The summed E-state index contributed by atoms with van der Waals surface area (Å²) in [6, 6.07) is 0. The average molecular weight is 270 g/mol. The van der Waals surface area contributed by atoms with Gasteiger partial charge in [0.15, 0.2) is 5.41 Å². The average Bonchev–Trinajstić information content (AvgIpc) is 1.98. The van der Waals surface area contributed by atoms with Crippen molar-refractivity contribution in [1.29, 1.82) is 0 Å². The van der Waals surface area contributed by atoms with E-state index in [1.807, 2.05) is 0 Å². The van der Waals surface area contributed by atoms with Crippen LogP contribution < -0.4 is 0 Å². The van der Waals surface area contributed by atoms with E-state index in [1.165, 1.54) is 0 Å². The second-order valence-electron chi connectivity index (χ2n) is 3.38. The number of hydrogen-bond acceptors (Lipinski definition) is 1. The van der Waals surface area contributed by atoms with Crippen LogP contribution in [0.2, 0.25) is 0 Å². The molecule has 0 saturated carbocycles. The fourth-order valence-corrected chi connectivity index (χ4v) is 1.54. The monoisotopic (exact) mass is 270 g/mol. The lowest BCUT2D eigenvalue weighted by Crippen LogP contribution is -2.52. The van der Waals surface area contributed by atoms with Crippen molar-refractivity contribution in [3.63, 3.8) is 0 Å². The lowest BCUT2D eigenvalue weighted by Gasteiger charge is -2.33. The maximum absolute atomic E-state index is 12.9. The van der Waals surface area contributed by atoms with Crippen LogP contribution in [0.25, 0.3) is 0 Å². The first-order valence-electron chi connectivity index (χ1n) is 3.95. The molecule has 0 aliphatic carbocycles. The van der Waals surface area contributed by atoms with Crippen LogP contribution in [0, 0.1) is 0 Å². The highest BCUT2D eigenvalue weighted by molar-refractivity contribution is 7.84. The fraction of sp³-hybridized carbons (Fsp3) is 1.00. The number of rotatable bonds is 5. The highest BCUT2D eigenvalue weighted by Crippen LogP contribution is 2.49. The molecule has 15 heavy (non-hydrogen) atoms. The predicted molar refractivity (Wildman–Crippen MR) is 52.7 cm³/mol. The second kappa shape index (κ2) is 4.62. The molecule has 0 fully saturated rings. The SMILES string of the molecule is CS(=O)CCC(F)(F)C(F)(F)C(C)(F)P. The smallest absolute Gasteiger partial charge is 0.260 e. The third kappa shape index (κ3) is 3.63. The molecular formula is C7H12F5OPS. The van der Waals surface area contributed by atoms with E-state index in [0.717, 1.165) is 15.5 Å². The van der Waals surface area contributed by atoms with Crippen molar-refractivity contribution in [3.8, 4) is 0 Å². The number of hydrogen-bond donors (Lipinski definition) is 0. The van der Waals surface area contributed by atoms with E-state index < -0.39 is 40.2 Å². The molecule has 0 aromatic heterocycles. The first kappa shape index (κ1) is 15.2. The van der Waals surface area contributed by atoms with Gasteiger partial charge in [0.1, 0.15) is 0 Å². The summed E-state index contributed by atoms with van der Waals surface area (Å²) in [5.74, 6) is -9.91.